The molecule has 1 aliphatic rings. The Bertz CT molecular complexity index is 230. The average molecular weight is 284 g/mol. The van der Waals surface area contributed by atoms with Crippen molar-refractivity contribution in [2.75, 3.05) is 39.3 Å². The van der Waals surface area contributed by atoms with Gasteiger partial charge in [-0.2, -0.15) is 0 Å². The number of hydrogen-bond acceptors (Lipinski definition) is 3. The monoisotopic (exact) mass is 284 g/mol. The lowest BCUT2D eigenvalue weighted by Crippen LogP contribution is -2.50. The van der Waals surface area contributed by atoms with Crippen molar-refractivity contribution in [3.63, 3.8) is 0 Å². The first-order valence-electron chi connectivity index (χ1n) is 8.68. The summed E-state index contributed by atoms with van der Waals surface area (Å²) in [6.07, 6.45) is 9.77. The molecule has 1 N–H and O–H groups in total. The van der Waals surface area contributed by atoms with E-state index in [0.717, 1.165) is 19.6 Å². The number of piperazine rings is 1. The lowest BCUT2D eigenvalue weighted by molar-refractivity contribution is 0.0176. The molecule has 3 nitrogen and oxygen atoms in total. The standard InChI is InChI=1S/C17H36N2O/c1-4-5-6-7-8-9-10-11-18-12-14-19(15-13-18)16-17(2,3)20/h20H,4-16H2,1-3H3. The van der Waals surface area contributed by atoms with Crippen molar-refractivity contribution < 1.29 is 5.11 Å². The Kier molecular flexibility index (Phi) is 8.74. The topological polar surface area (TPSA) is 26.7 Å². The number of aliphatic hydroxyl groups is 1. The third-order valence-corrected chi connectivity index (χ3v) is 4.15. The quantitative estimate of drug-likeness (QED) is 0.624. The number of β-amino-alcohol motifs (C(OH)–C–C–N with tert-alkyl or cyclic N) is 1. The highest BCUT2D eigenvalue weighted by atomic mass is 16.3. The third-order valence-electron chi connectivity index (χ3n) is 4.15. The fraction of sp³-hybridized carbons (Fsp3) is 1.00. The van der Waals surface area contributed by atoms with E-state index in [-0.39, 0.29) is 0 Å². The Labute approximate surface area is 126 Å². The van der Waals surface area contributed by atoms with Crippen LogP contribution < -0.4 is 0 Å². The lowest BCUT2D eigenvalue weighted by Gasteiger charge is -2.37. The van der Waals surface area contributed by atoms with E-state index >= 15 is 0 Å². The second kappa shape index (κ2) is 9.75. The minimum absolute atomic E-state index is 0.555. The molecule has 3 heteroatoms. The normalized spacial score (nSPS) is 18.6. The van der Waals surface area contributed by atoms with Gasteiger partial charge in [0.05, 0.1) is 5.60 Å². The zero-order valence-corrected chi connectivity index (χ0v) is 14.0. The Morgan fingerprint density at radius 3 is 1.85 bits per heavy atom. The first kappa shape index (κ1) is 17.9. The maximum Gasteiger partial charge on any atom is 0.0718 e. The van der Waals surface area contributed by atoms with Crippen LogP contribution in [-0.2, 0) is 0 Å². The first-order valence-corrected chi connectivity index (χ1v) is 8.68. The highest BCUT2D eigenvalue weighted by Crippen LogP contribution is 2.11. The van der Waals surface area contributed by atoms with Crippen LogP contribution in [0, 0.1) is 0 Å². The summed E-state index contributed by atoms with van der Waals surface area (Å²) in [4.78, 5) is 4.98. The molecule has 1 rings (SSSR count). The molecular formula is C17H36N2O. The van der Waals surface area contributed by atoms with Crippen molar-refractivity contribution in [1.29, 1.82) is 0 Å². The fourth-order valence-electron chi connectivity index (χ4n) is 3.01. The van der Waals surface area contributed by atoms with E-state index in [2.05, 4.69) is 16.7 Å². The maximum atomic E-state index is 9.84. The molecule has 120 valence electrons. The van der Waals surface area contributed by atoms with Crippen molar-refractivity contribution >= 4 is 0 Å². The lowest BCUT2D eigenvalue weighted by atomic mass is 10.1. The minimum Gasteiger partial charge on any atom is -0.389 e. The van der Waals surface area contributed by atoms with Crippen LogP contribution in [-0.4, -0.2) is 59.8 Å². The summed E-state index contributed by atoms with van der Waals surface area (Å²) in [5.74, 6) is 0. The zero-order chi connectivity index (χ0) is 14.8. The van der Waals surface area contributed by atoms with Gasteiger partial charge in [0.1, 0.15) is 0 Å². The van der Waals surface area contributed by atoms with E-state index in [1.54, 1.807) is 0 Å². The van der Waals surface area contributed by atoms with Gasteiger partial charge >= 0.3 is 0 Å². The molecule has 0 aromatic rings. The summed E-state index contributed by atoms with van der Waals surface area (Å²) in [5, 5.41) is 9.84. The highest BCUT2D eigenvalue weighted by Gasteiger charge is 2.22. The average Bonchev–Trinajstić information content (AvgIpc) is 2.38. The summed E-state index contributed by atoms with van der Waals surface area (Å²) >= 11 is 0. The van der Waals surface area contributed by atoms with Crippen LogP contribution >= 0.6 is 0 Å². The van der Waals surface area contributed by atoms with Gasteiger partial charge < -0.3 is 10.0 Å². The van der Waals surface area contributed by atoms with Gasteiger partial charge in [0.2, 0.25) is 0 Å². The molecule has 0 saturated carbocycles. The SMILES string of the molecule is CCCCCCCCCN1CCN(CC(C)(C)O)CC1. The summed E-state index contributed by atoms with van der Waals surface area (Å²) in [6.45, 7) is 12.7. The van der Waals surface area contributed by atoms with Crippen LogP contribution in [0.4, 0.5) is 0 Å². The number of hydrogen-bond donors (Lipinski definition) is 1. The smallest absolute Gasteiger partial charge is 0.0718 e. The largest absolute Gasteiger partial charge is 0.389 e. The van der Waals surface area contributed by atoms with Crippen molar-refractivity contribution in [3.8, 4) is 0 Å². The second-order valence-corrected chi connectivity index (χ2v) is 7.05. The zero-order valence-electron chi connectivity index (χ0n) is 14.0. The predicted octanol–water partition coefficient (Wildman–Crippen LogP) is 3.13. The Morgan fingerprint density at radius 1 is 0.800 bits per heavy atom. The Morgan fingerprint density at radius 2 is 1.30 bits per heavy atom. The molecule has 1 heterocycles. The van der Waals surface area contributed by atoms with Gasteiger partial charge in [-0.05, 0) is 26.8 Å². The van der Waals surface area contributed by atoms with Gasteiger partial charge in [-0.1, -0.05) is 45.4 Å². The van der Waals surface area contributed by atoms with Crippen molar-refractivity contribution in [3.05, 3.63) is 0 Å². The molecule has 0 aliphatic carbocycles. The first-order chi connectivity index (χ1) is 9.51. The molecule has 1 fully saturated rings. The molecule has 0 atom stereocenters. The van der Waals surface area contributed by atoms with E-state index in [0.29, 0.717) is 0 Å². The Hall–Kier alpha value is -0.120. The summed E-state index contributed by atoms with van der Waals surface area (Å²) in [6, 6.07) is 0. The molecule has 0 bridgehead atoms. The Balaban J connectivity index is 1.97. The van der Waals surface area contributed by atoms with Crippen LogP contribution in [0.5, 0.6) is 0 Å². The van der Waals surface area contributed by atoms with E-state index < -0.39 is 5.60 Å². The van der Waals surface area contributed by atoms with Gasteiger partial charge in [0, 0.05) is 32.7 Å². The highest BCUT2D eigenvalue weighted by molar-refractivity contribution is 4.77. The maximum absolute atomic E-state index is 9.84. The summed E-state index contributed by atoms with van der Waals surface area (Å²) < 4.78 is 0. The molecule has 0 aromatic heterocycles. The van der Waals surface area contributed by atoms with Crippen molar-refractivity contribution in [1.82, 2.24) is 9.80 Å². The molecule has 1 aliphatic heterocycles. The number of rotatable bonds is 10. The third kappa shape index (κ3) is 8.93. The molecular weight excluding hydrogens is 248 g/mol. The number of unbranched alkanes of at least 4 members (excludes halogenated alkanes) is 6. The minimum atomic E-state index is -0.555. The number of nitrogens with zero attached hydrogens (tertiary/aromatic N) is 2. The van der Waals surface area contributed by atoms with Gasteiger partial charge in [-0.3, -0.25) is 4.90 Å². The van der Waals surface area contributed by atoms with E-state index in [9.17, 15) is 5.11 Å². The van der Waals surface area contributed by atoms with Crippen LogP contribution in [0.1, 0.15) is 65.7 Å². The second-order valence-electron chi connectivity index (χ2n) is 7.05. The van der Waals surface area contributed by atoms with Crippen LogP contribution in [0.15, 0.2) is 0 Å². The van der Waals surface area contributed by atoms with Crippen molar-refractivity contribution in [2.24, 2.45) is 0 Å². The predicted molar refractivity (Wildman–Crippen MR) is 87.2 cm³/mol. The van der Waals surface area contributed by atoms with Crippen molar-refractivity contribution in [2.45, 2.75) is 71.3 Å². The molecule has 0 radical (unpaired) electrons. The molecule has 20 heavy (non-hydrogen) atoms. The van der Waals surface area contributed by atoms with Gasteiger partial charge in [-0.15, -0.1) is 0 Å². The van der Waals surface area contributed by atoms with Crippen LogP contribution in [0.25, 0.3) is 0 Å². The molecule has 0 amide bonds. The molecule has 0 spiro atoms. The van der Waals surface area contributed by atoms with Crippen LogP contribution in [0.3, 0.4) is 0 Å². The van der Waals surface area contributed by atoms with Gasteiger partial charge in [0.25, 0.3) is 0 Å². The van der Waals surface area contributed by atoms with E-state index in [1.807, 2.05) is 13.8 Å². The summed E-state index contributed by atoms with van der Waals surface area (Å²) in [5.41, 5.74) is -0.555. The fourth-order valence-corrected chi connectivity index (χ4v) is 3.01. The van der Waals surface area contributed by atoms with Gasteiger partial charge in [-0.25, -0.2) is 0 Å². The van der Waals surface area contributed by atoms with Gasteiger partial charge in [0.15, 0.2) is 0 Å². The van der Waals surface area contributed by atoms with E-state index in [4.69, 9.17) is 0 Å². The van der Waals surface area contributed by atoms with Crippen LogP contribution in [0.2, 0.25) is 0 Å². The summed E-state index contributed by atoms with van der Waals surface area (Å²) in [7, 11) is 0. The molecule has 0 aromatic carbocycles. The molecule has 0 unspecified atom stereocenters. The van der Waals surface area contributed by atoms with E-state index in [1.165, 1.54) is 64.6 Å². The molecule has 1 saturated heterocycles.